The van der Waals surface area contributed by atoms with Crippen LogP contribution >= 0.6 is 15.9 Å². The molecule has 1 aromatic rings. The van der Waals surface area contributed by atoms with Gasteiger partial charge >= 0.3 is 0 Å². The molecule has 3 nitrogen and oxygen atoms in total. The molecule has 1 aromatic carbocycles. The average molecular weight is 342 g/mol. The molecule has 112 valence electrons. The van der Waals surface area contributed by atoms with Crippen molar-refractivity contribution in [1.29, 1.82) is 0 Å². The van der Waals surface area contributed by atoms with E-state index in [0.717, 1.165) is 30.5 Å². The third-order valence-electron chi connectivity index (χ3n) is 3.41. The van der Waals surface area contributed by atoms with Crippen LogP contribution in [0.3, 0.4) is 0 Å². The summed E-state index contributed by atoms with van der Waals surface area (Å²) in [5.41, 5.74) is 0.470. The van der Waals surface area contributed by atoms with Gasteiger partial charge in [0.05, 0.1) is 6.61 Å². The van der Waals surface area contributed by atoms with Crippen LogP contribution in [0.4, 0.5) is 0 Å². The fraction of sp³-hybridized carbons (Fsp3) is 0.562. The van der Waals surface area contributed by atoms with Crippen LogP contribution in [0.1, 0.15) is 44.0 Å². The number of carbonyl (C=O) groups is 1. The van der Waals surface area contributed by atoms with Gasteiger partial charge < -0.3 is 9.64 Å². The van der Waals surface area contributed by atoms with E-state index in [4.69, 9.17) is 4.74 Å². The van der Waals surface area contributed by atoms with Gasteiger partial charge in [-0.3, -0.25) is 4.79 Å². The van der Waals surface area contributed by atoms with E-state index in [1.54, 1.807) is 4.90 Å². The second kappa shape index (κ2) is 7.67. The molecule has 0 aliphatic heterocycles. The van der Waals surface area contributed by atoms with E-state index in [-0.39, 0.29) is 11.4 Å². The van der Waals surface area contributed by atoms with Gasteiger partial charge in [0.2, 0.25) is 0 Å². The number of nitrogens with zero attached hydrogens (tertiary/aromatic N) is 1. The van der Waals surface area contributed by atoms with Crippen molar-refractivity contribution in [3.63, 3.8) is 0 Å². The van der Waals surface area contributed by atoms with Crippen molar-refractivity contribution < 1.29 is 9.53 Å². The highest BCUT2D eigenvalue weighted by molar-refractivity contribution is 9.09. The van der Waals surface area contributed by atoms with Crippen molar-refractivity contribution >= 4 is 21.8 Å². The first kappa shape index (κ1) is 17.0. The van der Waals surface area contributed by atoms with Crippen LogP contribution in [0, 0.1) is 0 Å². The van der Waals surface area contributed by atoms with Crippen LogP contribution in [0.25, 0.3) is 0 Å². The minimum absolute atomic E-state index is 0.0227. The molecular weight excluding hydrogens is 318 g/mol. The smallest absolute Gasteiger partial charge is 0.254 e. The zero-order valence-electron chi connectivity index (χ0n) is 12.8. The number of hydrogen-bond donors (Lipinski definition) is 0. The van der Waals surface area contributed by atoms with Gasteiger partial charge in [-0.2, -0.15) is 0 Å². The van der Waals surface area contributed by atoms with Crippen LogP contribution in [0.2, 0.25) is 0 Å². The number of rotatable bonds is 7. The summed E-state index contributed by atoms with van der Waals surface area (Å²) in [6.45, 7) is 6.91. The number of unbranched alkanes of at least 4 members (excludes halogenated alkanes) is 1. The topological polar surface area (TPSA) is 29.5 Å². The maximum absolute atomic E-state index is 12.4. The number of amides is 1. The molecule has 0 atom stereocenters. The molecule has 0 unspecified atom stereocenters. The molecule has 0 heterocycles. The Morgan fingerprint density at radius 2 is 1.90 bits per heavy atom. The summed E-state index contributed by atoms with van der Waals surface area (Å²) >= 11 is 3.45. The molecule has 0 saturated carbocycles. The third kappa shape index (κ3) is 4.51. The van der Waals surface area contributed by atoms with Crippen molar-refractivity contribution in [2.24, 2.45) is 0 Å². The summed E-state index contributed by atoms with van der Waals surface area (Å²) in [5.74, 6) is 0.840. The monoisotopic (exact) mass is 341 g/mol. The van der Waals surface area contributed by atoms with Crippen molar-refractivity contribution in [3.8, 4) is 5.75 Å². The largest absolute Gasteiger partial charge is 0.494 e. The quantitative estimate of drug-likeness (QED) is 0.551. The van der Waals surface area contributed by atoms with E-state index in [9.17, 15) is 4.79 Å². The average Bonchev–Trinajstić information content (AvgIpc) is 2.46. The molecule has 0 saturated heterocycles. The Labute approximate surface area is 130 Å². The van der Waals surface area contributed by atoms with E-state index in [1.807, 2.05) is 45.2 Å². The van der Waals surface area contributed by atoms with Gasteiger partial charge in [0.15, 0.2) is 0 Å². The molecule has 20 heavy (non-hydrogen) atoms. The van der Waals surface area contributed by atoms with E-state index in [0.29, 0.717) is 5.56 Å². The number of halogens is 1. The fourth-order valence-corrected chi connectivity index (χ4v) is 1.96. The minimum atomic E-state index is -0.215. The normalized spacial score (nSPS) is 11.2. The van der Waals surface area contributed by atoms with Crippen molar-refractivity contribution in [3.05, 3.63) is 29.8 Å². The second-order valence-electron chi connectivity index (χ2n) is 5.54. The molecule has 4 heteroatoms. The lowest BCUT2D eigenvalue weighted by atomic mass is 10.1. The third-order valence-corrected chi connectivity index (χ3v) is 4.78. The predicted molar refractivity (Wildman–Crippen MR) is 86.8 cm³/mol. The van der Waals surface area contributed by atoms with Crippen LogP contribution in [0.5, 0.6) is 5.75 Å². The molecule has 1 rings (SSSR count). The summed E-state index contributed by atoms with van der Waals surface area (Å²) < 4.78 is 5.60. The van der Waals surface area contributed by atoms with Crippen LogP contribution in [0.15, 0.2) is 24.3 Å². The first-order chi connectivity index (χ1) is 9.42. The second-order valence-corrected chi connectivity index (χ2v) is 6.10. The van der Waals surface area contributed by atoms with Crippen molar-refractivity contribution in [2.45, 2.75) is 39.2 Å². The molecule has 0 aromatic heterocycles. The van der Waals surface area contributed by atoms with Gasteiger partial charge in [-0.15, -0.1) is 0 Å². The van der Waals surface area contributed by atoms with Crippen molar-refractivity contribution in [2.75, 3.05) is 19.0 Å². The molecule has 0 bridgehead atoms. The Balaban J connectivity index is 2.70. The van der Waals surface area contributed by atoms with Gasteiger partial charge in [-0.1, -0.05) is 29.3 Å². The SMILES string of the molecule is CCCCOc1ccc(C(=O)N(C)C(C)(C)CBr)cc1. The lowest BCUT2D eigenvalue weighted by molar-refractivity contribution is 0.0663. The fourth-order valence-electron chi connectivity index (χ4n) is 1.59. The standard InChI is InChI=1S/C16H24BrNO2/c1-5-6-11-20-14-9-7-13(8-10-14)15(19)18(4)16(2,3)12-17/h7-10H,5-6,11-12H2,1-4H3. The minimum Gasteiger partial charge on any atom is -0.494 e. The van der Waals surface area contributed by atoms with E-state index in [1.165, 1.54) is 0 Å². The van der Waals surface area contributed by atoms with Crippen LogP contribution in [-0.2, 0) is 0 Å². The lowest BCUT2D eigenvalue weighted by Crippen LogP contribution is -2.46. The molecule has 1 amide bonds. The Kier molecular flexibility index (Phi) is 6.53. The highest BCUT2D eigenvalue weighted by atomic mass is 79.9. The maximum Gasteiger partial charge on any atom is 0.254 e. The summed E-state index contributed by atoms with van der Waals surface area (Å²) in [7, 11) is 1.83. The Morgan fingerprint density at radius 3 is 2.40 bits per heavy atom. The Hall–Kier alpha value is -1.03. The molecule has 0 fully saturated rings. The maximum atomic E-state index is 12.4. The van der Waals surface area contributed by atoms with Gasteiger partial charge in [0.25, 0.3) is 5.91 Å². The van der Waals surface area contributed by atoms with Gasteiger partial charge in [-0.05, 0) is 44.5 Å². The highest BCUT2D eigenvalue weighted by Crippen LogP contribution is 2.20. The molecule has 0 radical (unpaired) electrons. The summed E-state index contributed by atoms with van der Waals surface area (Å²) in [6.07, 6.45) is 2.16. The molecule has 0 spiro atoms. The highest BCUT2D eigenvalue weighted by Gasteiger charge is 2.27. The predicted octanol–water partition coefficient (Wildman–Crippen LogP) is 4.11. The zero-order valence-corrected chi connectivity index (χ0v) is 14.4. The zero-order chi connectivity index (χ0) is 15.2. The first-order valence-corrected chi connectivity index (χ1v) is 8.11. The molecule has 0 N–H and O–H groups in total. The summed E-state index contributed by atoms with van der Waals surface area (Å²) in [6, 6.07) is 7.37. The molecule has 0 aliphatic rings. The van der Waals surface area contributed by atoms with E-state index >= 15 is 0 Å². The molecule has 0 aliphatic carbocycles. The number of carbonyl (C=O) groups excluding carboxylic acids is 1. The van der Waals surface area contributed by atoms with E-state index < -0.39 is 0 Å². The number of ether oxygens (including phenoxy) is 1. The Bertz CT molecular complexity index is 429. The number of benzene rings is 1. The first-order valence-electron chi connectivity index (χ1n) is 6.99. The van der Waals surface area contributed by atoms with Crippen LogP contribution in [-0.4, -0.2) is 35.3 Å². The number of hydrogen-bond acceptors (Lipinski definition) is 2. The van der Waals surface area contributed by atoms with Gasteiger partial charge in [-0.25, -0.2) is 0 Å². The van der Waals surface area contributed by atoms with E-state index in [2.05, 4.69) is 22.9 Å². The van der Waals surface area contributed by atoms with Gasteiger partial charge in [0, 0.05) is 23.5 Å². The number of alkyl halides is 1. The summed E-state index contributed by atoms with van der Waals surface area (Å²) in [5, 5.41) is 0.737. The van der Waals surface area contributed by atoms with Gasteiger partial charge in [0.1, 0.15) is 5.75 Å². The lowest BCUT2D eigenvalue weighted by Gasteiger charge is -2.34. The van der Waals surface area contributed by atoms with Crippen LogP contribution < -0.4 is 4.74 Å². The van der Waals surface area contributed by atoms with Crippen molar-refractivity contribution in [1.82, 2.24) is 4.90 Å². The molecular formula is C16H24BrNO2. The Morgan fingerprint density at radius 1 is 1.30 bits per heavy atom. The summed E-state index contributed by atoms with van der Waals surface area (Å²) in [4.78, 5) is 14.1.